The van der Waals surface area contributed by atoms with Crippen LogP contribution in [0.2, 0.25) is 0 Å². The summed E-state index contributed by atoms with van der Waals surface area (Å²) in [6, 6.07) is 1.50. The SMILES string of the molecule is CNC1(c2ncc(Br)cc2[N+](=O)[O-])CC1. The predicted molar refractivity (Wildman–Crippen MR) is 58.6 cm³/mol. The third-order valence-electron chi connectivity index (χ3n) is 2.71. The Labute approximate surface area is 95.2 Å². The third kappa shape index (κ3) is 1.74. The largest absolute Gasteiger partial charge is 0.309 e. The number of hydrogen-bond acceptors (Lipinski definition) is 4. The number of aromatic nitrogens is 1. The molecule has 0 saturated heterocycles. The van der Waals surface area contributed by atoms with E-state index in [1.165, 1.54) is 6.07 Å². The first kappa shape index (κ1) is 10.5. The van der Waals surface area contributed by atoms with Crippen molar-refractivity contribution in [3.05, 3.63) is 32.5 Å². The lowest BCUT2D eigenvalue weighted by Gasteiger charge is -2.13. The van der Waals surface area contributed by atoms with Crippen molar-refractivity contribution >= 4 is 21.6 Å². The van der Waals surface area contributed by atoms with Crippen molar-refractivity contribution in [3.63, 3.8) is 0 Å². The Morgan fingerprint density at radius 2 is 2.33 bits per heavy atom. The molecule has 1 N–H and O–H groups in total. The van der Waals surface area contributed by atoms with Gasteiger partial charge in [-0.15, -0.1) is 0 Å². The molecular formula is C9H10BrN3O2. The van der Waals surface area contributed by atoms with Gasteiger partial charge < -0.3 is 5.32 Å². The van der Waals surface area contributed by atoms with Gasteiger partial charge in [-0.3, -0.25) is 15.1 Å². The fourth-order valence-corrected chi connectivity index (χ4v) is 1.99. The molecule has 1 heterocycles. The summed E-state index contributed by atoms with van der Waals surface area (Å²) >= 11 is 3.19. The number of hydrogen-bond donors (Lipinski definition) is 1. The molecule has 1 aliphatic rings. The molecule has 0 spiro atoms. The maximum absolute atomic E-state index is 10.9. The summed E-state index contributed by atoms with van der Waals surface area (Å²) in [6.07, 6.45) is 3.40. The van der Waals surface area contributed by atoms with Gasteiger partial charge in [0.05, 0.1) is 10.5 Å². The summed E-state index contributed by atoms with van der Waals surface area (Å²) < 4.78 is 0.629. The first-order chi connectivity index (χ1) is 7.09. The predicted octanol–water partition coefficient (Wildman–Crippen LogP) is 1.96. The zero-order chi connectivity index (χ0) is 11.1. The lowest BCUT2D eigenvalue weighted by molar-refractivity contribution is -0.386. The first-order valence-corrected chi connectivity index (χ1v) is 5.38. The molecule has 5 nitrogen and oxygen atoms in total. The number of nitrogens with one attached hydrogen (secondary N) is 1. The molecule has 0 aromatic carbocycles. The number of rotatable bonds is 3. The van der Waals surface area contributed by atoms with Crippen LogP contribution in [-0.2, 0) is 5.54 Å². The van der Waals surface area contributed by atoms with Crippen LogP contribution in [0.25, 0.3) is 0 Å². The van der Waals surface area contributed by atoms with Gasteiger partial charge in [0.2, 0.25) is 0 Å². The van der Waals surface area contributed by atoms with Gasteiger partial charge in [0, 0.05) is 16.7 Å². The van der Waals surface area contributed by atoms with Gasteiger partial charge in [0.25, 0.3) is 5.69 Å². The van der Waals surface area contributed by atoms with Crippen molar-refractivity contribution in [1.82, 2.24) is 10.3 Å². The number of nitro groups is 1. The van der Waals surface area contributed by atoms with E-state index in [2.05, 4.69) is 26.2 Å². The average Bonchev–Trinajstić information content (AvgIpc) is 2.98. The molecule has 1 saturated carbocycles. The van der Waals surface area contributed by atoms with Crippen LogP contribution in [0.3, 0.4) is 0 Å². The molecule has 1 aromatic rings. The molecule has 80 valence electrons. The van der Waals surface area contributed by atoms with Crippen LogP contribution in [0.4, 0.5) is 5.69 Å². The molecule has 0 bridgehead atoms. The lowest BCUT2D eigenvalue weighted by atomic mass is 10.1. The summed E-state index contributed by atoms with van der Waals surface area (Å²) in [5.74, 6) is 0. The van der Waals surface area contributed by atoms with E-state index in [-0.39, 0.29) is 16.1 Å². The van der Waals surface area contributed by atoms with E-state index in [0.717, 1.165) is 12.8 Å². The van der Waals surface area contributed by atoms with Gasteiger partial charge in [-0.05, 0) is 35.8 Å². The number of pyridine rings is 1. The molecule has 2 rings (SSSR count). The van der Waals surface area contributed by atoms with Crippen LogP contribution >= 0.6 is 15.9 Å². The molecule has 1 fully saturated rings. The number of nitrogens with zero attached hydrogens (tertiary/aromatic N) is 2. The molecule has 0 unspecified atom stereocenters. The maximum Gasteiger partial charge on any atom is 0.293 e. The van der Waals surface area contributed by atoms with E-state index >= 15 is 0 Å². The lowest BCUT2D eigenvalue weighted by Crippen LogP contribution is -2.26. The van der Waals surface area contributed by atoms with Crippen molar-refractivity contribution < 1.29 is 4.92 Å². The smallest absolute Gasteiger partial charge is 0.293 e. The van der Waals surface area contributed by atoms with Gasteiger partial charge in [-0.25, -0.2) is 0 Å². The van der Waals surface area contributed by atoms with E-state index in [1.54, 1.807) is 13.2 Å². The monoisotopic (exact) mass is 271 g/mol. The zero-order valence-electron chi connectivity index (χ0n) is 8.16. The van der Waals surface area contributed by atoms with Gasteiger partial charge >= 0.3 is 0 Å². The summed E-state index contributed by atoms with van der Waals surface area (Å²) in [5, 5.41) is 14.0. The highest BCUT2D eigenvalue weighted by molar-refractivity contribution is 9.10. The third-order valence-corrected chi connectivity index (χ3v) is 3.15. The molecule has 15 heavy (non-hydrogen) atoms. The highest BCUT2D eigenvalue weighted by Crippen LogP contribution is 2.47. The molecular weight excluding hydrogens is 262 g/mol. The summed E-state index contributed by atoms with van der Waals surface area (Å²) in [7, 11) is 1.81. The van der Waals surface area contributed by atoms with E-state index in [0.29, 0.717) is 10.2 Å². The molecule has 6 heteroatoms. The molecule has 1 aliphatic carbocycles. The summed E-state index contributed by atoms with van der Waals surface area (Å²) in [4.78, 5) is 14.7. The molecule has 1 aromatic heterocycles. The highest BCUT2D eigenvalue weighted by Gasteiger charge is 2.48. The fraction of sp³-hybridized carbons (Fsp3) is 0.444. The normalized spacial score (nSPS) is 17.5. The highest BCUT2D eigenvalue weighted by atomic mass is 79.9. The van der Waals surface area contributed by atoms with Crippen molar-refractivity contribution in [2.24, 2.45) is 0 Å². The Bertz CT molecular complexity index is 418. The van der Waals surface area contributed by atoms with Crippen LogP contribution < -0.4 is 5.32 Å². The number of halogens is 1. The Morgan fingerprint density at radius 1 is 1.67 bits per heavy atom. The van der Waals surface area contributed by atoms with Crippen molar-refractivity contribution in [1.29, 1.82) is 0 Å². The molecule has 0 aliphatic heterocycles. The van der Waals surface area contributed by atoms with Gasteiger partial charge in [0.1, 0.15) is 5.69 Å². The maximum atomic E-state index is 10.9. The second kappa shape index (κ2) is 3.53. The second-order valence-corrected chi connectivity index (χ2v) is 4.53. The van der Waals surface area contributed by atoms with Crippen LogP contribution in [-0.4, -0.2) is 17.0 Å². The molecule has 0 amide bonds. The van der Waals surface area contributed by atoms with E-state index in [1.807, 2.05) is 0 Å². The Morgan fingerprint density at radius 3 is 2.80 bits per heavy atom. The van der Waals surface area contributed by atoms with Gasteiger partial charge in [-0.2, -0.15) is 0 Å². The standard InChI is InChI=1S/C9H10BrN3O2/c1-11-9(2-3-9)8-7(13(14)15)4-6(10)5-12-8/h4-5,11H,2-3H2,1H3. The van der Waals surface area contributed by atoms with E-state index < -0.39 is 0 Å². The Hall–Kier alpha value is -1.01. The Balaban J connectivity index is 2.51. The van der Waals surface area contributed by atoms with Crippen LogP contribution in [0.1, 0.15) is 18.5 Å². The first-order valence-electron chi connectivity index (χ1n) is 4.58. The minimum absolute atomic E-state index is 0.0798. The summed E-state index contributed by atoms with van der Waals surface area (Å²) in [6.45, 7) is 0. The molecule has 0 radical (unpaired) electrons. The minimum atomic E-state index is -0.384. The van der Waals surface area contributed by atoms with Crippen molar-refractivity contribution in [2.45, 2.75) is 18.4 Å². The van der Waals surface area contributed by atoms with Crippen molar-refractivity contribution in [2.75, 3.05) is 7.05 Å². The van der Waals surface area contributed by atoms with Gasteiger partial charge in [-0.1, -0.05) is 0 Å². The zero-order valence-corrected chi connectivity index (χ0v) is 9.74. The minimum Gasteiger partial charge on any atom is -0.309 e. The van der Waals surface area contributed by atoms with Crippen LogP contribution in [0.15, 0.2) is 16.7 Å². The molecule has 0 atom stereocenters. The fourth-order valence-electron chi connectivity index (χ4n) is 1.67. The van der Waals surface area contributed by atoms with E-state index in [9.17, 15) is 10.1 Å². The van der Waals surface area contributed by atoms with Crippen molar-refractivity contribution in [3.8, 4) is 0 Å². The Kier molecular flexibility index (Phi) is 2.47. The average molecular weight is 272 g/mol. The second-order valence-electron chi connectivity index (χ2n) is 3.61. The van der Waals surface area contributed by atoms with E-state index in [4.69, 9.17) is 0 Å². The van der Waals surface area contributed by atoms with Crippen LogP contribution in [0, 0.1) is 10.1 Å². The van der Waals surface area contributed by atoms with Gasteiger partial charge in [0.15, 0.2) is 0 Å². The van der Waals surface area contributed by atoms with Crippen LogP contribution in [0.5, 0.6) is 0 Å². The quantitative estimate of drug-likeness (QED) is 0.674. The summed E-state index contributed by atoms with van der Waals surface area (Å²) in [5.41, 5.74) is 0.345. The topological polar surface area (TPSA) is 68.1 Å².